The first kappa shape index (κ1) is 18.3. The van der Waals surface area contributed by atoms with Gasteiger partial charge in [-0.1, -0.05) is 37.5 Å². The Bertz CT molecular complexity index is 581. The van der Waals surface area contributed by atoms with Gasteiger partial charge in [-0.05, 0) is 30.4 Å². The molecule has 132 valence electrons. The average Bonchev–Trinajstić information content (AvgIpc) is 2.53. The van der Waals surface area contributed by atoms with Crippen LogP contribution in [0.3, 0.4) is 0 Å². The summed E-state index contributed by atoms with van der Waals surface area (Å²) in [6.45, 7) is -0.293. The average molecular weight is 342 g/mol. The molecule has 1 saturated carbocycles. The van der Waals surface area contributed by atoms with Crippen molar-refractivity contribution >= 4 is 17.5 Å². The Kier molecular flexibility index (Phi) is 6.23. The molecule has 1 fully saturated rings. The lowest BCUT2D eigenvalue weighted by atomic mass is 9.87. The molecule has 1 aliphatic rings. The van der Waals surface area contributed by atoms with E-state index in [1.165, 1.54) is 6.42 Å². The van der Waals surface area contributed by atoms with Gasteiger partial charge in [-0.2, -0.15) is 13.2 Å². The van der Waals surface area contributed by atoms with Gasteiger partial charge in [0.15, 0.2) is 0 Å². The van der Waals surface area contributed by atoms with E-state index in [2.05, 4.69) is 5.32 Å². The van der Waals surface area contributed by atoms with Crippen LogP contribution in [0.15, 0.2) is 24.3 Å². The number of alkyl halides is 3. The fourth-order valence-corrected chi connectivity index (χ4v) is 2.93. The standard InChI is InChI=1S/C17H21F3N2O2/c18-17(19,20)16(24)21-11-13-8-4-5-9-14(13)22-15(23)10-12-6-2-1-3-7-12/h4-5,8-9,12H,1-3,6-7,10-11H2,(H,21,24)(H,22,23). The van der Waals surface area contributed by atoms with E-state index in [0.717, 1.165) is 25.7 Å². The third-order valence-corrected chi connectivity index (χ3v) is 4.19. The highest BCUT2D eigenvalue weighted by Crippen LogP contribution is 2.27. The summed E-state index contributed by atoms with van der Waals surface area (Å²) in [7, 11) is 0. The maximum absolute atomic E-state index is 12.2. The minimum absolute atomic E-state index is 0.142. The van der Waals surface area contributed by atoms with Crippen LogP contribution in [0.25, 0.3) is 0 Å². The van der Waals surface area contributed by atoms with Gasteiger partial charge in [0, 0.05) is 18.7 Å². The lowest BCUT2D eigenvalue weighted by Gasteiger charge is -2.21. The van der Waals surface area contributed by atoms with Gasteiger partial charge in [-0.15, -0.1) is 0 Å². The number of hydrogen-bond acceptors (Lipinski definition) is 2. The lowest BCUT2D eigenvalue weighted by molar-refractivity contribution is -0.173. The number of halogens is 3. The molecule has 0 aromatic heterocycles. The number of anilines is 1. The molecule has 0 atom stereocenters. The van der Waals surface area contributed by atoms with Gasteiger partial charge < -0.3 is 10.6 Å². The number of hydrogen-bond donors (Lipinski definition) is 2. The van der Waals surface area contributed by atoms with E-state index >= 15 is 0 Å². The Labute approximate surface area is 138 Å². The molecule has 0 saturated heterocycles. The summed E-state index contributed by atoms with van der Waals surface area (Å²) in [5.41, 5.74) is 0.868. The third-order valence-electron chi connectivity index (χ3n) is 4.19. The second kappa shape index (κ2) is 8.17. The second-order valence-electron chi connectivity index (χ2n) is 6.09. The van der Waals surface area contributed by atoms with Crippen molar-refractivity contribution in [2.75, 3.05) is 5.32 Å². The van der Waals surface area contributed by atoms with E-state index in [9.17, 15) is 22.8 Å². The molecule has 0 spiro atoms. The molecule has 0 heterocycles. The van der Waals surface area contributed by atoms with Crippen molar-refractivity contribution < 1.29 is 22.8 Å². The quantitative estimate of drug-likeness (QED) is 0.856. The Hall–Kier alpha value is -2.05. The number of carbonyl (C=O) groups is 2. The summed E-state index contributed by atoms with van der Waals surface area (Å²) >= 11 is 0. The first-order valence-electron chi connectivity index (χ1n) is 8.09. The van der Waals surface area contributed by atoms with Crippen molar-refractivity contribution in [3.63, 3.8) is 0 Å². The molecule has 0 aliphatic heterocycles. The van der Waals surface area contributed by atoms with Gasteiger partial charge in [0.25, 0.3) is 0 Å². The molecule has 24 heavy (non-hydrogen) atoms. The van der Waals surface area contributed by atoms with Gasteiger partial charge in [-0.3, -0.25) is 9.59 Å². The van der Waals surface area contributed by atoms with Crippen molar-refractivity contribution in [3.05, 3.63) is 29.8 Å². The number of para-hydroxylation sites is 1. The van der Waals surface area contributed by atoms with Gasteiger partial charge in [0.05, 0.1) is 0 Å². The van der Waals surface area contributed by atoms with Crippen LogP contribution in [0.1, 0.15) is 44.1 Å². The van der Waals surface area contributed by atoms with Crippen molar-refractivity contribution in [3.8, 4) is 0 Å². The Morgan fingerprint density at radius 1 is 1.08 bits per heavy atom. The van der Waals surface area contributed by atoms with Gasteiger partial charge >= 0.3 is 12.1 Å². The number of rotatable bonds is 5. The van der Waals surface area contributed by atoms with Gasteiger partial charge in [0.2, 0.25) is 5.91 Å². The molecule has 0 bridgehead atoms. The van der Waals surface area contributed by atoms with E-state index in [0.29, 0.717) is 23.6 Å². The molecule has 2 rings (SSSR count). The number of benzene rings is 1. The van der Waals surface area contributed by atoms with Crippen LogP contribution in [0.2, 0.25) is 0 Å². The summed E-state index contributed by atoms with van der Waals surface area (Å²) in [6, 6.07) is 6.53. The molecule has 1 aromatic carbocycles. The van der Waals surface area contributed by atoms with Crippen LogP contribution in [0.4, 0.5) is 18.9 Å². The summed E-state index contributed by atoms with van der Waals surface area (Å²) in [5, 5.41) is 4.57. The monoisotopic (exact) mass is 342 g/mol. The fourth-order valence-electron chi connectivity index (χ4n) is 2.93. The van der Waals surface area contributed by atoms with Crippen LogP contribution in [-0.2, 0) is 16.1 Å². The molecular formula is C17H21F3N2O2. The summed E-state index contributed by atoms with van der Waals surface area (Å²) < 4.78 is 36.7. The molecule has 1 aliphatic carbocycles. The second-order valence-corrected chi connectivity index (χ2v) is 6.09. The van der Waals surface area contributed by atoms with Crippen LogP contribution in [-0.4, -0.2) is 18.0 Å². The zero-order chi connectivity index (χ0) is 17.6. The first-order chi connectivity index (χ1) is 11.4. The zero-order valence-electron chi connectivity index (χ0n) is 13.3. The maximum atomic E-state index is 12.2. The Morgan fingerprint density at radius 3 is 2.42 bits per heavy atom. The smallest absolute Gasteiger partial charge is 0.344 e. The fraction of sp³-hybridized carbons (Fsp3) is 0.529. The molecular weight excluding hydrogens is 321 g/mol. The molecule has 1 aromatic rings. The van der Waals surface area contributed by atoms with Crippen molar-refractivity contribution in [1.29, 1.82) is 0 Å². The molecule has 2 amide bonds. The van der Waals surface area contributed by atoms with E-state index in [1.807, 2.05) is 5.32 Å². The largest absolute Gasteiger partial charge is 0.471 e. The van der Waals surface area contributed by atoms with Gasteiger partial charge in [0.1, 0.15) is 0 Å². The minimum atomic E-state index is -4.92. The Balaban J connectivity index is 1.92. The normalized spacial score (nSPS) is 15.8. The lowest BCUT2D eigenvalue weighted by Crippen LogP contribution is -2.36. The predicted molar refractivity (Wildman–Crippen MR) is 84.2 cm³/mol. The van der Waals surface area contributed by atoms with E-state index in [-0.39, 0.29) is 12.5 Å². The first-order valence-corrected chi connectivity index (χ1v) is 8.09. The maximum Gasteiger partial charge on any atom is 0.471 e. The molecule has 0 unspecified atom stereocenters. The Morgan fingerprint density at radius 2 is 1.75 bits per heavy atom. The van der Waals surface area contributed by atoms with Crippen LogP contribution in [0, 0.1) is 5.92 Å². The molecule has 4 nitrogen and oxygen atoms in total. The van der Waals surface area contributed by atoms with Crippen LogP contribution < -0.4 is 10.6 Å². The van der Waals surface area contributed by atoms with Gasteiger partial charge in [-0.25, -0.2) is 0 Å². The summed E-state index contributed by atoms with van der Waals surface area (Å²) in [4.78, 5) is 23.1. The number of nitrogens with one attached hydrogen (secondary N) is 2. The topological polar surface area (TPSA) is 58.2 Å². The highest BCUT2D eigenvalue weighted by atomic mass is 19.4. The number of amides is 2. The highest BCUT2D eigenvalue weighted by Gasteiger charge is 2.38. The van der Waals surface area contributed by atoms with Crippen molar-refractivity contribution in [2.45, 2.75) is 51.2 Å². The van der Waals surface area contributed by atoms with E-state index in [4.69, 9.17) is 0 Å². The highest BCUT2D eigenvalue weighted by molar-refractivity contribution is 5.91. The molecule has 2 N–H and O–H groups in total. The van der Waals surface area contributed by atoms with Crippen molar-refractivity contribution in [2.24, 2.45) is 5.92 Å². The summed E-state index contributed by atoms with van der Waals surface area (Å²) in [6.07, 6.45) is 1.06. The van der Waals surface area contributed by atoms with Crippen LogP contribution >= 0.6 is 0 Å². The van der Waals surface area contributed by atoms with Crippen LogP contribution in [0.5, 0.6) is 0 Å². The summed E-state index contributed by atoms with van der Waals surface area (Å²) in [5.74, 6) is -1.77. The van der Waals surface area contributed by atoms with Crippen molar-refractivity contribution in [1.82, 2.24) is 5.32 Å². The minimum Gasteiger partial charge on any atom is -0.344 e. The zero-order valence-corrected chi connectivity index (χ0v) is 13.3. The SMILES string of the molecule is O=C(CC1CCCCC1)Nc1ccccc1CNC(=O)C(F)(F)F. The van der Waals surface area contributed by atoms with E-state index in [1.54, 1.807) is 24.3 Å². The van der Waals surface area contributed by atoms with E-state index < -0.39 is 12.1 Å². The number of carbonyl (C=O) groups excluding carboxylic acids is 2. The predicted octanol–water partition coefficient (Wildman–Crippen LogP) is 3.77. The third kappa shape index (κ3) is 5.54. The molecule has 0 radical (unpaired) electrons. The molecule has 7 heteroatoms.